The van der Waals surface area contributed by atoms with Gasteiger partial charge in [0.05, 0.1) is 5.69 Å². The van der Waals surface area contributed by atoms with Crippen LogP contribution in [-0.2, 0) is 4.79 Å². The molecule has 0 bridgehead atoms. The Morgan fingerprint density at radius 3 is 2.56 bits per heavy atom. The number of benzene rings is 1. The van der Waals surface area contributed by atoms with E-state index in [-0.39, 0.29) is 23.2 Å². The van der Waals surface area contributed by atoms with Gasteiger partial charge in [0.15, 0.2) is 0 Å². The number of aromatic nitrogens is 2. The Kier molecular flexibility index (Phi) is 5.70. The first-order valence-electron chi connectivity index (χ1n) is 9.14. The molecule has 1 saturated heterocycles. The van der Waals surface area contributed by atoms with E-state index in [1.165, 1.54) is 12.1 Å². The first-order chi connectivity index (χ1) is 12.9. The zero-order valence-corrected chi connectivity index (χ0v) is 15.9. The highest BCUT2D eigenvalue weighted by Crippen LogP contribution is 2.29. The van der Waals surface area contributed by atoms with Gasteiger partial charge in [-0.05, 0) is 39.9 Å². The number of aryl methyl sites for hydroxylation is 1. The van der Waals surface area contributed by atoms with Gasteiger partial charge in [-0.25, -0.2) is 9.37 Å². The molecule has 1 fully saturated rings. The second-order valence-electron chi connectivity index (χ2n) is 7.24. The Morgan fingerprint density at radius 2 is 1.96 bits per heavy atom. The van der Waals surface area contributed by atoms with E-state index in [1.54, 1.807) is 49.0 Å². The molecule has 1 aliphatic heterocycles. The van der Waals surface area contributed by atoms with Crippen molar-refractivity contribution in [3.05, 3.63) is 63.6 Å². The third-order valence-corrected chi connectivity index (χ3v) is 5.05. The maximum atomic E-state index is 14.2. The van der Waals surface area contributed by atoms with E-state index in [0.29, 0.717) is 24.5 Å². The lowest BCUT2D eigenvalue weighted by molar-refractivity contribution is -0.137. The summed E-state index contributed by atoms with van der Waals surface area (Å²) in [4.78, 5) is 35.4. The summed E-state index contributed by atoms with van der Waals surface area (Å²) in [5.74, 6) is 0.283. The van der Waals surface area contributed by atoms with Crippen LogP contribution in [0.1, 0.15) is 41.9 Å². The Hall–Kier alpha value is -2.54. The Bertz CT molecular complexity index is 872. The molecule has 2 heterocycles. The smallest absolute Gasteiger partial charge is 0.251 e. The molecule has 0 saturated carbocycles. The van der Waals surface area contributed by atoms with E-state index >= 15 is 0 Å². The van der Waals surface area contributed by atoms with Crippen molar-refractivity contribution in [3.8, 4) is 0 Å². The Labute approximate surface area is 158 Å². The minimum Gasteiger partial charge on any atom is -0.341 e. The highest BCUT2D eigenvalue weighted by atomic mass is 19.1. The highest BCUT2D eigenvalue weighted by molar-refractivity contribution is 5.83. The van der Waals surface area contributed by atoms with E-state index in [2.05, 4.69) is 9.97 Å². The van der Waals surface area contributed by atoms with Crippen LogP contribution in [0.2, 0.25) is 0 Å². The molecule has 27 heavy (non-hydrogen) atoms. The van der Waals surface area contributed by atoms with Crippen molar-refractivity contribution in [3.63, 3.8) is 0 Å². The maximum absolute atomic E-state index is 14.2. The minimum atomic E-state index is -0.650. The first kappa shape index (κ1) is 19.2. The zero-order chi connectivity index (χ0) is 19.6. The lowest BCUT2D eigenvalue weighted by Gasteiger charge is -2.36. The molecule has 1 N–H and O–H groups in total. The van der Waals surface area contributed by atoms with Gasteiger partial charge in [0.25, 0.3) is 5.56 Å². The first-order valence-corrected chi connectivity index (χ1v) is 9.14. The normalized spacial score (nSPS) is 16.6. The fourth-order valence-corrected chi connectivity index (χ4v) is 3.71. The van der Waals surface area contributed by atoms with Crippen LogP contribution in [0.4, 0.5) is 4.39 Å². The van der Waals surface area contributed by atoms with Crippen LogP contribution < -0.4 is 5.56 Å². The summed E-state index contributed by atoms with van der Waals surface area (Å²) < 4.78 is 14.2. The molecule has 7 heteroatoms. The van der Waals surface area contributed by atoms with E-state index in [1.807, 2.05) is 0 Å². The van der Waals surface area contributed by atoms with Crippen LogP contribution >= 0.6 is 0 Å². The van der Waals surface area contributed by atoms with Gasteiger partial charge in [0, 0.05) is 30.6 Å². The molecule has 1 aromatic carbocycles. The lowest BCUT2D eigenvalue weighted by Crippen LogP contribution is -2.44. The number of nitrogens with one attached hydrogen (secondary N) is 1. The molecule has 0 unspecified atom stereocenters. The molecule has 3 rings (SSSR count). The summed E-state index contributed by atoms with van der Waals surface area (Å²) in [7, 11) is 3.56. The third kappa shape index (κ3) is 4.24. The summed E-state index contributed by atoms with van der Waals surface area (Å²) in [5, 5.41) is 0. The molecular weight excluding hydrogens is 347 g/mol. The number of rotatable bonds is 4. The third-order valence-electron chi connectivity index (χ3n) is 5.05. The number of likely N-dealkylation sites (N-methyl/N-ethyl adjacent to an activating group) is 1. The Morgan fingerprint density at radius 1 is 1.30 bits per heavy atom. The summed E-state index contributed by atoms with van der Waals surface area (Å²) in [5.41, 5.74) is 1.02. The van der Waals surface area contributed by atoms with Gasteiger partial charge >= 0.3 is 0 Å². The molecule has 6 nitrogen and oxygen atoms in total. The van der Waals surface area contributed by atoms with E-state index < -0.39 is 6.04 Å². The van der Waals surface area contributed by atoms with Gasteiger partial charge < -0.3 is 9.88 Å². The maximum Gasteiger partial charge on any atom is 0.251 e. The van der Waals surface area contributed by atoms with Crippen molar-refractivity contribution in [2.24, 2.45) is 0 Å². The predicted octanol–water partition coefficient (Wildman–Crippen LogP) is 2.23. The molecular formula is C20H25FN4O2. The SMILES string of the molecule is Cc1nc(C2CCN(C(=O)[C@H](c3ccccc3F)N(C)C)CC2)cc(=O)[nH]1. The second-order valence-corrected chi connectivity index (χ2v) is 7.24. The number of aromatic amines is 1. The Balaban J connectivity index is 1.73. The van der Waals surface area contributed by atoms with Gasteiger partial charge in [-0.15, -0.1) is 0 Å². The number of hydrogen-bond acceptors (Lipinski definition) is 4. The number of piperidine rings is 1. The molecule has 0 spiro atoms. The van der Waals surface area contributed by atoms with Gasteiger partial charge in [0.2, 0.25) is 5.91 Å². The zero-order valence-electron chi connectivity index (χ0n) is 15.9. The van der Waals surface area contributed by atoms with Crippen molar-refractivity contribution in [1.82, 2.24) is 19.8 Å². The standard InChI is InChI=1S/C20H25FN4O2/c1-13-22-17(12-18(26)23-13)14-8-10-25(11-9-14)20(27)19(24(2)3)15-6-4-5-7-16(15)21/h4-7,12,14,19H,8-11H2,1-3H3,(H,22,23,26)/t19-/m0/s1. The van der Waals surface area contributed by atoms with Gasteiger partial charge in [0.1, 0.15) is 17.7 Å². The fraction of sp³-hybridized carbons (Fsp3) is 0.450. The van der Waals surface area contributed by atoms with Crippen LogP contribution in [-0.4, -0.2) is 52.9 Å². The van der Waals surface area contributed by atoms with E-state index in [4.69, 9.17) is 0 Å². The van der Waals surface area contributed by atoms with Crippen LogP contribution in [0.5, 0.6) is 0 Å². The molecule has 1 atom stereocenters. The van der Waals surface area contributed by atoms with Crippen LogP contribution in [0, 0.1) is 12.7 Å². The van der Waals surface area contributed by atoms with Gasteiger partial charge in [-0.2, -0.15) is 0 Å². The minimum absolute atomic E-state index is 0.0985. The number of hydrogen-bond donors (Lipinski definition) is 1. The van der Waals surface area contributed by atoms with Crippen molar-refractivity contribution in [1.29, 1.82) is 0 Å². The number of halogens is 1. The molecule has 1 aromatic heterocycles. The van der Waals surface area contributed by atoms with Crippen molar-refractivity contribution in [2.75, 3.05) is 27.2 Å². The number of carbonyl (C=O) groups excluding carboxylic acids is 1. The largest absolute Gasteiger partial charge is 0.341 e. The molecule has 0 radical (unpaired) electrons. The average Bonchev–Trinajstić information content (AvgIpc) is 2.62. The second kappa shape index (κ2) is 8.00. The van der Waals surface area contributed by atoms with Crippen LogP contribution in [0.3, 0.4) is 0 Å². The van der Waals surface area contributed by atoms with Crippen LogP contribution in [0.15, 0.2) is 35.1 Å². The summed E-state index contributed by atoms with van der Waals surface area (Å²) in [6, 6.07) is 7.30. The van der Waals surface area contributed by atoms with Crippen molar-refractivity contribution >= 4 is 5.91 Å². The quantitative estimate of drug-likeness (QED) is 0.894. The lowest BCUT2D eigenvalue weighted by atomic mass is 9.92. The predicted molar refractivity (Wildman–Crippen MR) is 101 cm³/mol. The van der Waals surface area contributed by atoms with Crippen molar-refractivity contribution in [2.45, 2.75) is 31.7 Å². The van der Waals surface area contributed by atoms with Gasteiger partial charge in [-0.3, -0.25) is 14.5 Å². The fourth-order valence-electron chi connectivity index (χ4n) is 3.71. The van der Waals surface area contributed by atoms with Crippen LogP contribution in [0.25, 0.3) is 0 Å². The summed E-state index contributed by atoms with van der Waals surface area (Å²) >= 11 is 0. The number of nitrogens with zero attached hydrogens (tertiary/aromatic N) is 3. The van der Waals surface area contributed by atoms with Crippen molar-refractivity contribution < 1.29 is 9.18 Å². The topological polar surface area (TPSA) is 69.3 Å². The number of carbonyl (C=O) groups is 1. The van der Waals surface area contributed by atoms with E-state index in [0.717, 1.165) is 18.5 Å². The molecule has 0 aliphatic carbocycles. The average molecular weight is 372 g/mol. The molecule has 1 aliphatic rings. The molecule has 2 aromatic rings. The van der Waals surface area contributed by atoms with Gasteiger partial charge in [-0.1, -0.05) is 18.2 Å². The number of amides is 1. The van der Waals surface area contributed by atoms with E-state index in [9.17, 15) is 14.0 Å². The molecule has 144 valence electrons. The molecule has 1 amide bonds. The monoisotopic (exact) mass is 372 g/mol. The summed E-state index contributed by atoms with van der Waals surface area (Å²) in [6.45, 7) is 2.89. The number of H-pyrrole nitrogens is 1. The number of likely N-dealkylation sites (tertiary alicyclic amines) is 1. The summed E-state index contributed by atoms with van der Waals surface area (Å²) in [6.07, 6.45) is 1.47. The highest BCUT2D eigenvalue weighted by Gasteiger charge is 2.32.